The van der Waals surface area contributed by atoms with E-state index in [1.807, 2.05) is 6.07 Å². The van der Waals surface area contributed by atoms with Gasteiger partial charge in [-0.05, 0) is 55.7 Å². The highest BCUT2D eigenvalue weighted by Gasteiger charge is 2.24. The number of halogens is 2. The number of alkyl halides is 2. The van der Waals surface area contributed by atoms with Crippen LogP contribution in [-0.2, 0) is 5.92 Å². The number of nitrogens with zero attached hydrogens (tertiary/aromatic N) is 2. The minimum atomic E-state index is -2.92. The summed E-state index contributed by atoms with van der Waals surface area (Å²) in [6, 6.07) is 9.16. The molecule has 0 bridgehead atoms. The fourth-order valence-electron chi connectivity index (χ4n) is 3.38. The van der Waals surface area contributed by atoms with E-state index in [1.165, 1.54) is 24.9 Å². The zero-order valence-corrected chi connectivity index (χ0v) is 16.1. The minimum Gasteiger partial charge on any atom is -0.481 e. The molecule has 2 aromatic heterocycles. The molecule has 3 aromatic rings. The Morgan fingerprint density at radius 3 is 2.11 bits per heavy atom. The number of pyridine rings is 2. The predicted octanol–water partition coefficient (Wildman–Crippen LogP) is 5.86. The molecule has 0 unspecified atom stereocenters. The van der Waals surface area contributed by atoms with Gasteiger partial charge in [-0.3, -0.25) is 4.98 Å². The largest absolute Gasteiger partial charge is 0.481 e. The van der Waals surface area contributed by atoms with Crippen LogP contribution in [0.15, 0.2) is 42.7 Å². The lowest BCUT2D eigenvalue weighted by molar-refractivity contribution is 0.0171. The highest BCUT2D eigenvalue weighted by atomic mass is 19.3. The van der Waals surface area contributed by atoms with Gasteiger partial charge in [0.05, 0.1) is 18.4 Å². The summed E-state index contributed by atoms with van der Waals surface area (Å²) in [5.41, 5.74) is 6.63. The lowest BCUT2D eigenvalue weighted by Crippen LogP contribution is -2.07. The smallest absolute Gasteiger partial charge is 0.272 e. The van der Waals surface area contributed by atoms with E-state index in [9.17, 15) is 8.78 Å². The Hall–Kier alpha value is -2.82. The fourth-order valence-corrected chi connectivity index (χ4v) is 3.38. The Morgan fingerprint density at radius 2 is 1.59 bits per heavy atom. The van der Waals surface area contributed by atoms with Crippen LogP contribution < -0.4 is 4.74 Å². The first-order valence-electron chi connectivity index (χ1n) is 8.67. The van der Waals surface area contributed by atoms with Crippen molar-refractivity contribution < 1.29 is 13.5 Å². The Labute approximate surface area is 158 Å². The van der Waals surface area contributed by atoms with E-state index >= 15 is 0 Å². The van der Waals surface area contributed by atoms with Crippen LogP contribution >= 0.6 is 0 Å². The Balaban J connectivity index is 2.13. The molecule has 0 aliphatic carbocycles. The second kappa shape index (κ2) is 7.06. The third kappa shape index (κ3) is 3.82. The second-order valence-electron chi connectivity index (χ2n) is 6.88. The van der Waals surface area contributed by atoms with Gasteiger partial charge in [0.15, 0.2) is 0 Å². The standard InChI is InChI=1S/C22H22F2N2O/c1-13-8-14(2)20(15(3)9-13)16-10-18(21(27-5)26-11-16)19-7-6-17(12-25-19)22(4,23)24/h6-12H,1-5H3. The van der Waals surface area contributed by atoms with Crippen LogP contribution in [0.4, 0.5) is 8.78 Å². The van der Waals surface area contributed by atoms with Crippen molar-refractivity contribution in [3.05, 3.63) is 65.0 Å². The van der Waals surface area contributed by atoms with Crippen LogP contribution in [-0.4, -0.2) is 17.1 Å². The maximum Gasteiger partial charge on any atom is 0.272 e. The first-order chi connectivity index (χ1) is 12.7. The van der Waals surface area contributed by atoms with Crippen LogP contribution in [0.25, 0.3) is 22.4 Å². The van der Waals surface area contributed by atoms with Crippen LogP contribution in [0, 0.1) is 20.8 Å². The molecule has 0 fully saturated rings. The average Bonchev–Trinajstić information content (AvgIpc) is 2.60. The van der Waals surface area contributed by atoms with Gasteiger partial charge in [0.25, 0.3) is 5.92 Å². The third-order valence-electron chi connectivity index (χ3n) is 4.56. The summed E-state index contributed by atoms with van der Waals surface area (Å²) in [7, 11) is 1.53. The van der Waals surface area contributed by atoms with Crippen molar-refractivity contribution in [3.63, 3.8) is 0 Å². The van der Waals surface area contributed by atoms with Crippen molar-refractivity contribution in [2.24, 2.45) is 0 Å². The monoisotopic (exact) mass is 368 g/mol. The number of benzene rings is 1. The number of rotatable bonds is 4. The number of methoxy groups -OCH3 is 1. The van der Waals surface area contributed by atoms with Gasteiger partial charge in [-0.1, -0.05) is 17.7 Å². The van der Waals surface area contributed by atoms with E-state index in [-0.39, 0.29) is 5.56 Å². The molecule has 0 amide bonds. The van der Waals surface area contributed by atoms with Gasteiger partial charge in [0.2, 0.25) is 5.88 Å². The van der Waals surface area contributed by atoms with Crippen LogP contribution in [0.1, 0.15) is 29.2 Å². The SMILES string of the molecule is COc1ncc(-c2c(C)cc(C)cc2C)cc1-c1ccc(C(C)(F)F)cn1. The third-order valence-corrected chi connectivity index (χ3v) is 4.56. The van der Waals surface area contributed by atoms with Gasteiger partial charge in [0, 0.05) is 30.4 Å². The molecule has 1 aromatic carbocycles. The zero-order valence-electron chi connectivity index (χ0n) is 16.1. The van der Waals surface area contributed by atoms with E-state index in [4.69, 9.17) is 4.74 Å². The molecular formula is C22H22F2N2O. The number of hydrogen-bond acceptors (Lipinski definition) is 3. The molecule has 0 N–H and O–H groups in total. The normalized spacial score (nSPS) is 11.5. The summed E-state index contributed by atoms with van der Waals surface area (Å²) in [5, 5.41) is 0. The molecule has 0 radical (unpaired) electrons. The first kappa shape index (κ1) is 19.0. The molecule has 0 saturated heterocycles. The maximum atomic E-state index is 13.5. The predicted molar refractivity (Wildman–Crippen MR) is 103 cm³/mol. The van der Waals surface area contributed by atoms with E-state index in [2.05, 4.69) is 42.9 Å². The molecule has 0 atom stereocenters. The van der Waals surface area contributed by atoms with Gasteiger partial charge >= 0.3 is 0 Å². The number of aryl methyl sites for hydroxylation is 3. The number of aromatic nitrogens is 2. The lowest BCUT2D eigenvalue weighted by atomic mass is 9.93. The van der Waals surface area contributed by atoms with Crippen molar-refractivity contribution in [2.45, 2.75) is 33.6 Å². The quantitative estimate of drug-likeness (QED) is 0.579. The molecule has 3 rings (SSSR count). The summed E-state index contributed by atoms with van der Waals surface area (Å²) in [6.45, 7) is 7.05. The van der Waals surface area contributed by atoms with Gasteiger partial charge in [-0.15, -0.1) is 0 Å². The topological polar surface area (TPSA) is 35.0 Å². The molecule has 0 aliphatic rings. The van der Waals surface area contributed by atoms with Crippen LogP contribution in [0.2, 0.25) is 0 Å². The summed E-state index contributed by atoms with van der Waals surface area (Å²) >= 11 is 0. The molecule has 140 valence electrons. The van der Waals surface area contributed by atoms with Crippen LogP contribution in [0.3, 0.4) is 0 Å². The molecule has 0 spiro atoms. The van der Waals surface area contributed by atoms with E-state index < -0.39 is 5.92 Å². The minimum absolute atomic E-state index is 0.125. The summed E-state index contributed by atoms with van der Waals surface area (Å²) in [5.74, 6) is -2.52. The van der Waals surface area contributed by atoms with E-state index in [1.54, 1.807) is 12.3 Å². The molecule has 0 saturated carbocycles. The van der Waals surface area contributed by atoms with Crippen molar-refractivity contribution in [1.82, 2.24) is 9.97 Å². The van der Waals surface area contributed by atoms with Gasteiger partial charge < -0.3 is 4.74 Å². The number of ether oxygens (including phenoxy) is 1. The van der Waals surface area contributed by atoms with Gasteiger partial charge in [-0.2, -0.15) is 0 Å². The van der Waals surface area contributed by atoms with Crippen molar-refractivity contribution in [3.8, 4) is 28.3 Å². The van der Waals surface area contributed by atoms with E-state index in [0.29, 0.717) is 17.1 Å². The number of hydrogen-bond donors (Lipinski definition) is 0. The zero-order chi connectivity index (χ0) is 19.8. The Morgan fingerprint density at radius 1 is 0.926 bits per heavy atom. The molecule has 5 heteroatoms. The Bertz CT molecular complexity index is 954. The average molecular weight is 368 g/mol. The fraction of sp³-hybridized carbons (Fsp3) is 0.273. The summed E-state index contributed by atoms with van der Waals surface area (Å²) < 4.78 is 32.3. The van der Waals surface area contributed by atoms with Gasteiger partial charge in [-0.25, -0.2) is 13.8 Å². The van der Waals surface area contributed by atoms with Crippen molar-refractivity contribution in [2.75, 3.05) is 7.11 Å². The van der Waals surface area contributed by atoms with E-state index in [0.717, 1.165) is 29.2 Å². The molecular weight excluding hydrogens is 346 g/mol. The molecule has 27 heavy (non-hydrogen) atoms. The molecule has 0 aliphatic heterocycles. The molecule has 3 nitrogen and oxygen atoms in total. The Kier molecular flexibility index (Phi) is 4.96. The van der Waals surface area contributed by atoms with Crippen molar-refractivity contribution >= 4 is 0 Å². The van der Waals surface area contributed by atoms with Crippen molar-refractivity contribution in [1.29, 1.82) is 0 Å². The molecule has 2 heterocycles. The van der Waals surface area contributed by atoms with Gasteiger partial charge in [0.1, 0.15) is 0 Å². The summed E-state index contributed by atoms with van der Waals surface area (Å²) in [4.78, 5) is 8.63. The highest BCUT2D eigenvalue weighted by molar-refractivity contribution is 5.77. The second-order valence-corrected chi connectivity index (χ2v) is 6.88. The highest BCUT2D eigenvalue weighted by Crippen LogP contribution is 2.35. The first-order valence-corrected chi connectivity index (χ1v) is 8.67. The lowest BCUT2D eigenvalue weighted by Gasteiger charge is -2.15. The van der Waals surface area contributed by atoms with Crippen LogP contribution in [0.5, 0.6) is 5.88 Å². The maximum absolute atomic E-state index is 13.5. The summed E-state index contributed by atoms with van der Waals surface area (Å²) in [6.07, 6.45) is 2.96.